The largest absolute Gasteiger partial charge is 0.493 e. The average molecular weight is 409 g/mol. The maximum Gasteiger partial charge on any atom is 0.290 e. The topological polar surface area (TPSA) is 89.2 Å². The summed E-state index contributed by atoms with van der Waals surface area (Å²) in [6.45, 7) is 2.12. The van der Waals surface area contributed by atoms with Crippen LogP contribution >= 0.6 is 0 Å². The van der Waals surface area contributed by atoms with Crippen molar-refractivity contribution >= 4 is 16.9 Å². The van der Waals surface area contributed by atoms with Crippen LogP contribution in [-0.2, 0) is 0 Å². The molecule has 1 aliphatic rings. The molecule has 0 radical (unpaired) electrons. The van der Waals surface area contributed by atoms with Crippen molar-refractivity contribution < 1.29 is 23.8 Å². The van der Waals surface area contributed by atoms with Crippen molar-refractivity contribution in [1.82, 2.24) is 4.90 Å². The van der Waals surface area contributed by atoms with Gasteiger partial charge in [-0.15, -0.1) is 0 Å². The first-order valence-corrected chi connectivity index (χ1v) is 9.71. The molecule has 1 aromatic heterocycles. The Balaban J connectivity index is 1.96. The molecule has 3 aromatic rings. The van der Waals surface area contributed by atoms with Crippen LogP contribution in [0, 0.1) is 6.92 Å². The molecule has 156 valence electrons. The lowest BCUT2D eigenvalue weighted by atomic mass is 9.97. The number of benzene rings is 2. The molecule has 2 heterocycles. The molecular formula is C23H23NO6. The monoisotopic (exact) mass is 409 g/mol. The molecular weight excluding hydrogens is 386 g/mol. The fourth-order valence-electron chi connectivity index (χ4n) is 3.98. The number of aryl methyl sites for hydroxylation is 1. The second-order valence-electron chi connectivity index (χ2n) is 7.27. The first-order valence-electron chi connectivity index (χ1n) is 9.71. The van der Waals surface area contributed by atoms with Crippen molar-refractivity contribution in [3.63, 3.8) is 0 Å². The summed E-state index contributed by atoms with van der Waals surface area (Å²) in [5.41, 5.74) is 2.10. The molecule has 4 rings (SSSR count). The number of hydrogen-bond donors (Lipinski definition) is 1. The van der Waals surface area contributed by atoms with Crippen molar-refractivity contribution in [2.75, 3.05) is 27.4 Å². The van der Waals surface area contributed by atoms with Crippen LogP contribution in [0.1, 0.15) is 39.7 Å². The van der Waals surface area contributed by atoms with E-state index < -0.39 is 6.04 Å². The van der Waals surface area contributed by atoms with E-state index in [1.165, 1.54) is 7.11 Å². The number of aliphatic hydroxyl groups is 1. The zero-order valence-electron chi connectivity index (χ0n) is 17.1. The molecule has 1 amide bonds. The summed E-state index contributed by atoms with van der Waals surface area (Å²) < 4.78 is 16.6. The molecule has 0 saturated heterocycles. The lowest BCUT2D eigenvalue weighted by Crippen LogP contribution is -2.31. The highest BCUT2D eigenvalue weighted by Gasteiger charge is 2.42. The Hall–Kier alpha value is -3.32. The normalized spacial score (nSPS) is 15.5. The van der Waals surface area contributed by atoms with E-state index in [4.69, 9.17) is 13.9 Å². The minimum atomic E-state index is -0.639. The summed E-state index contributed by atoms with van der Waals surface area (Å²) in [5.74, 6) is 0.736. The van der Waals surface area contributed by atoms with Crippen molar-refractivity contribution in [1.29, 1.82) is 0 Å². The zero-order chi connectivity index (χ0) is 21.4. The van der Waals surface area contributed by atoms with Crippen LogP contribution in [0.5, 0.6) is 11.5 Å². The van der Waals surface area contributed by atoms with Crippen molar-refractivity contribution in [3.8, 4) is 11.5 Å². The fraction of sp³-hybridized carbons (Fsp3) is 0.304. The van der Waals surface area contributed by atoms with Gasteiger partial charge < -0.3 is 23.9 Å². The maximum atomic E-state index is 13.5. The number of ether oxygens (including phenoxy) is 2. The third-order valence-corrected chi connectivity index (χ3v) is 5.40. The molecule has 0 fully saturated rings. The van der Waals surface area contributed by atoms with E-state index in [0.717, 1.165) is 5.56 Å². The van der Waals surface area contributed by atoms with Crippen molar-refractivity contribution in [3.05, 3.63) is 69.1 Å². The second-order valence-corrected chi connectivity index (χ2v) is 7.27. The van der Waals surface area contributed by atoms with Gasteiger partial charge in [-0.2, -0.15) is 0 Å². The van der Waals surface area contributed by atoms with Crippen LogP contribution < -0.4 is 14.9 Å². The van der Waals surface area contributed by atoms with Gasteiger partial charge in [0.05, 0.1) is 31.2 Å². The van der Waals surface area contributed by atoms with Gasteiger partial charge in [-0.25, -0.2) is 0 Å². The highest BCUT2D eigenvalue weighted by atomic mass is 16.5. The van der Waals surface area contributed by atoms with Crippen LogP contribution in [0.3, 0.4) is 0 Å². The SMILES string of the molecule is COc1ccc([C@H]2c3c(oc4ccc(C)cc4c3=O)C(=O)N2CCCO)cc1OC. The van der Waals surface area contributed by atoms with Gasteiger partial charge in [-0.1, -0.05) is 17.7 Å². The van der Waals surface area contributed by atoms with Crippen LogP contribution in [0.15, 0.2) is 45.6 Å². The molecule has 2 aromatic carbocycles. The minimum Gasteiger partial charge on any atom is -0.493 e. The molecule has 30 heavy (non-hydrogen) atoms. The Bertz CT molecular complexity index is 1180. The zero-order valence-corrected chi connectivity index (χ0v) is 17.1. The number of methoxy groups -OCH3 is 2. The quantitative estimate of drug-likeness (QED) is 0.673. The third-order valence-electron chi connectivity index (χ3n) is 5.40. The summed E-state index contributed by atoms with van der Waals surface area (Å²) in [5, 5.41) is 9.76. The highest BCUT2D eigenvalue weighted by Crippen LogP contribution is 2.40. The van der Waals surface area contributed by atoms with Gasteiger partial charge in [0.1, 0.15) is 5.58 Å². The summed E-state index contributed by atoms with van der Waals surface area (Å²) in [6.07, 6.45) is 0.385. The summed E-state index contributed by atoms with van der Waals surface area (Å²) in [4.78, 5) is 28.2. The van der Waals surface area contributed by atoms with Crippen molar-refractivity contribution in [2.24, 2.45) is 0 Å². The van der Waals surface area contributed by atoms with Gasteiger partial charge in [0, 0.05) is 13.2 Å². The molecule has 7 nitrogen and oxygen atoms in total. The lowest BCUT2D eigenvalue weighted by molar-refractivity contribution is 0.0716. The number of rotatable bonds is 6. The third kappa shape index (κ3) is 3.11. The van der Waals surface area contributed by atoms with Gasteiger partial charge in [-0.3, -0.25) is 9.59 Å². The van der Waals surface area contributed by atoms with Gasteiger partial charge in [0.15, 0.2) is 16.9 Å². The van der Waals surface area contributed by atoms with Gasteiger partial charge >= 0.3 is 0 Å². The first kappa shape index (κ1) is 20.0. The minimum absolute atomic E-state index is 0.0501. The molecule has 0 spiro atoms. The Kier molecular flexibility index (Phi) is 5.22. The predicted molar refractivity (Wildman–Crippen MR) is 111 cm³/mol. The summed E-state index contributed by atoms with van der Waals surface area (Å²) >= 11 is 0. The molecule has 0 aliphatic carbocycles. The fourth-order valence-corrected chi connectivity index (χ4v) is 3.98. The van der Waals surface area contributed by atoms with Crippen LogP contribution in [-0.4, -0.2) is 43.3 Å². The van der Waals surface area contributed by atoms with E-state index >= 15 is 0 Å². The molecule has 1 atom stereocenters. The molecule has 0 unspecified atom stereocenters. The van der Waals surface area contributed by atoms with E-state index in [2.05, 4.69) is 0 Å². The van der Waals surface area contributed by atoms with Gasteiger partial charge in [0.25, 0.3) is 5.91 Å². The van der Waals surface area contributed by atoms with Crippen LogP contribution in [0.2, 0.25) is 0 Å². The standard InChI is InChI=1S/C23H23NO6/c1-13-5-7-16-15(11-13)21(26)19-20(14-6-8-17(28-2)18(12-14)29-3)24(9-4-10-25)23(27)22(19)30-16/h5-8,11-12,20,25H,4,9-10H2,1-3H3/t20-/m0/s1. The van der Waals surface area contributed by atoms with Crippen LogP contribution in [0.4, 0.5) is 0 Å². The highest BCUT2D eigenvalue weighted by molar-refractivity contribution is 5.99. The predicted octanol–water partition coefficient (Wildman–Crippen LogP) is 3.05. The van der Waals surface area contributed by atoms with Gasteiger partial charge in [0.2, 0.25) is 5.76 Å². The van der Waals surface area contributed by atoms with Crippen molar-refractivity contribution in [2.45, 2.75) is 19.4 Å². The molecule has 1 aliphatic heterocycles. The molecule has 0 bridgehead atoms. The molecule has 1 N–H and O–H groups in total. The lowest BCUT2D eigenvalue weighted by Gasteiger charge is -2.25. The smallest absolute Gasteiger partial charge is 0.290 e. The van der Waals surface area contributed by atoms with E-state index in [0.29, 0.717) is 40.0 Å². The second kappa shape index (κ2) is 7.84. The van der Waals surface area contributed by atoms with E-state index in [1.54, 1.807) is 42.3 Å². The Labute approximate surface area is 173 Å². The summed E-state index contributed by atoms with van der Waals surface area (Å²) in [7, 11) is 3.08. The van der Waals surface area contributed by atoms with E-state index in [9.17, 15) is 14.7 Å². The Morgan fingerprint density at radius 3 is 2.53 bits per heavy atom. The number of amides is 1. The Morgan fingerprint density at radius 2 is 1.83 bits per heavy atom. The maximum absolute atomic E-state index is 13.5. The molecule has 0 saturated carbocycles. The van der Waals surface area contributed by atoms with Gasteiger partial charge in [-0.05, 0) is 43.2 Å². The Morgan fingerprint density at radius 1 is 1.07 bits per heavy atom. The number of carbonyl (C=O) groups excluding carboxylic acids is 1. The average Bonchev–Trinajstić information content (AvgIpc) is 3.04. The molecule has 7 heteroatoms. The number of carbonyl (C=O) groups is 1. The van der Waals surface area contributed by atoms with E-state index in [-0.39, 0.29) is 30.2 Å². The summed E-state index contributed by atoms with van der Waals surface area (Å²) in [6, 6.07) is 9.99. The number of nitrogens with zero attached hydrogens (tertiary/aromatic N) is 1. The number of aliphatic hydroxyl groups excluding tert-OH is 1. The first-order chi connectivity index (χ1) is 14.5. The number of fused-ring (bicyclic) bond motifs is 2. The number of hydrogen-bond acceptors (Lipinski definition) is 6. The van der Waals surface area contributed by atoms with Crippen LogP contribution in [0.25, 0.3) is 11.0 Å². The van der Waals surface area contributed by atoms with E-state index in [1.807, 2.05) is 13.0 Å².